The highest BCUT2D eigenvalue weighted by Gasteiger charge is 2.33. The molecule has 4 aromatic rings. The number of fused-ring (bicyclic) bond motifs is 1. The number of nitrogens with two attached hydrogens (primary N) is 1. The van der Waals surface area contributed by atoms with Crippen molar-refractivity contribution in [2.45, 2.75) is 26.6 Å². The molecule has 0 aliphatic rings. The molecule has 0 atom stereocenters. The molecule has 0 unspecified atom stereocenters. The molecule has 14 heteroatoms. The highest BCUT2D eigenvalue weighted by Crippen LogP contribution is 2.31. The van der Waals surface area contributed by atoms with Crippen LogP contribution in [-0.2, 0) is 17.5 Å². The molecule has 4 rings (SSSR count). The van der Waals surface area contributed by atoms with Gasteiger partial charge < -0.3 is 15.7 Å². The predicted molar refractivity (Wildman–Crippen MR) is 128 cm³/mol. The minimum atomic E-state index is -4.60. The van der Waals surface area contributed by atoms with Crippen LogP contribution in [0.1, 0.15) is 37.8 Å². The molecule has 0 aliphatic carbocycles. The second kappa shape index (κ2) is 9.53. The maximum absolute atomic E-state index is 13.2. The number of carboxylic acids is 1. The van der Waals surface area contributed by atoms with Crippen molar-refractivity contribution in [2.24, 2.45) is 5.73 Å². The Labute approximate surface area is 212 Å². The average Bonchev–Trinajstić information content (AvgIpc) is 3.25. The normalized spacial score (nSPS) is 11.5. The smallest absolute Gasteiger partial charge is 0.433 e. The van der Waals surface area contributed by atoms with E-state index in [9.17, 15) is 32.7 Å². The first-order valence-corrected chi connectivity index (χ1v) is 11.0. The molecule has 0 spiro atoms. The van der Waals surface area contributed by atoms with E-state index in [1.807, 2.05) is 0 Å². The summed E-state index contributed by atoms with van der Waals surface area (Å²) in [5, 5.41) is 13.0. The molecule has 3 heterocycles. The zero-order valence-electron chi connectivity index (χ0n) is 20.2. The van der Waals surface area contributed by atoms with E-state index in [1.165, 1.54) is 25.1 Å². The van der Waals surface area contributed by atoms with Crippen LogP contribution in [0.4, 0.5) is 18.9 Å². The molecule has 0 radical (unpaired) electrons. The second-order valence-electron chi connectivity index (χ2n) is 8.46. The van der Waals surface area contributed by atoms with Crippen LogP contribution in [0.2, 0.25) is 0 Å². The summed E-state index contributed by atoms with van der Waals surface area (Å²) in [6, 6.07) is 6.91. The van der Waals surface area contributed by atoms with E-state index < -0.39 is 41.9 Å². The molecule has 0 aliphatic heterocycles. The van der Waals surface area contributed by atoms with E-state index in [-0.39, 0.29) is 28.1 Å². The van der Waals surface area contributed by atoms with Gasteiger partial charge in [0.2, 0.25) is 5.91 Å². The van der Waals surface area contributed by atoms with Crippen molar-refractivity contribution < 1.29 is 32.7 Å². The second-order valence-corrected chi connectivity index (χ2v) is 8.46. The summed E-state index contributed by atoms with van der Waals surface area (Å²) < 4.78 is 40.2. The number of hydrogen-bond acceptors (Lipinski definition) is 7. The van der Waals surface area contributed by atoms with Crippen LogP contribution < -0.4 is 10.6 Å². The van der Waals surface area contributed by atoms with Crippen LogP contribution in [0.25, 0.3) is 22.4 Å². The third-order valence-corrected chi connectivity index (χ3v) is 5.67. The van der Waals surface area contributed by atoms with Crippen LogP contribution in [-0.4, -0.2) is 54.7 Å². The van der Waals surface area contributed by atoms with E-state index in [0.717, 1.165) is 16.8 Å². The zero-order chi connectivity index (χ0) is 27.9. The summed E-state index contributed by atoms with van der Waals surface area (Å²) in [5.74, 6) is -2.57. The van der Waals surface area contributed by atoms with Crippen molar-refractivity contribution >= 4 is 34.5 Å². The maximum atomic E-state index is 13.2. The van der Waals surface area contributed by atoms with Gasteiger partial charge in [-0.25, -0.2) is 24.4 Å². The molecule has 38 heavy (non-hydrogen) atoms. The van der Waals surface area contributed by atoms with Gasteiger partial charge in [-0.15, -0.1) is 0 Å². The van der Waals surface area contributed by atoms with Gasteiger partial charge in [-0.1, -0.05) is 0 Å². The molecular weight excluding hydrogens is 507 g/mol. The fourth-order valence-electron chi connectivity index (χ4n) is 3.88. The Hall–Kier alpha value is -4.88. The van der Waals surface area contributed by atoms with E-state index >= 15 is 0 Å². The summed E-state index contributed by atoms with van der Waals surface area (Å²) in [5.41, 5.74) is 5.78. The Kier molecular flexibility index (Phi) is 6.57. The van der Waals surface area contributed by atoms with Crippen molar-refractivity contribution in [1.29, 1.82) is 0 Å². The van der Waals surface area contributed by atoms with Gasteiger partial charge in [0, 0.05) is 24.4 Å². The van der Waals surface area contributed by atoms with Crippen molar-refractivity contribution in [2.75, 3.05) is 11.9 Å². The number of carbonyl (C=O) groups is 3. The topological polar surface area (TPSA) is 157 Å². The number of benzene rings is 1. The Balaban J connectivity index is 1.67. The molecular formula is C24H20F3N7O4. The number of anilines is 1. The minimum Gasteiger partial charge on any atom is -0.476 e. The number of halogens is 3. The number of rotatable bonds is 6. The van der Waals surface area contributed by atoms with Crippen LogP contribution in [0, 0.1) is 13.8 Å². The summed E-state index contributed by atoms with van der Waals surface area (Å²) in [7, 11) is 1.46. The molecule has 196 valence electrons. The van der Waals surface area contributed by atoms with Crippen LogP contribution in [0.15, 0.2) is 36.5 Å². The van der Waals surface area contributed by atoms with Gasteiger partial charge in [0.05, 0.1) is 11.7 Å². The Bertz CT molecular complexity index is 1610. The lowest BCUT2D eigenvalue weighted by Gasteiger charge is -2.20. The number of aromatic carboxylic acids is 1. The summed E-state index contributed by atoms with van der Waals surface area (Å²) in [6.45, 7) is 2.73. The number of primary amides is 1. The van der Waals surface area contributed by atoms with Gasteiger partial charge in [-0.05, 0) is 49.2 Å². The Morgan fingerprint density at radius 3 is 2.39 bits per heavy atom. The first-order chi connectivity index (χ1) is 17.8. The number of amides is 2. The fourth-order valence-corrected chi connectivity index (χ4v) is 3.88. The predicted octanol–water partition coefficient (Wildman–Crippen LogP) is 2.98. The first-order valence-electron chi connectivity index (χ1n) is 11.0. The average molecular weight is 527 g/mol. The maximum Gasteiger partial charge on any atom is 0.433 e. The summed E-state index contributed by atoms with van der Waals surface area (Å²) >= 11 is 0. The lowest BCUT2D eigenvalue weighted by atomic mass is 10.1. The third kappa shape index (κ3) is 5.00. The van der Waals surface area contributed by atoms with Crippen molar-refractivity contribution in [1.82, 2.24) is 24.7 Å². The molecule has 0 saturated heterocycles. The number of carbonyl (C=O) groups excluding carboxylic acids is 2. The van der Waals surface area contributed by atoms with Gasteiger partial charge in [0.15, 0.2) is 11.5 Å². The molecule has 0 saturated carbocycles. The number of pyridine rings is 1. The molecule has 1 aromatic carbocycles. The van der Waals surface area contributed by atoms with Crippen LogP contribution in [0.3, 0.4) is 0 Å². The fraction of sp³-hybridized carbons (Fsp3) is 0.208. The Morgan fingerprint density at radius 1 is 1.08 bits per heavy atom. The number of nitrogens with zero attached hydrogens (tertiary/aromatic N) is 6. The highest BCUT2D eigenvalue weighted by molar-refractivity contribution is 6.06. The molecule has 0 bridgehead atoms. The van der Waals surface area contributed by atoms with E-state index in [4.69, 9.17) is 5.73 Å². The van der Waals surface area contributed by atoms with E-state index in [2.05, 4.69) is 20.1 Å². The van der Waals surface area contributed by atoms with Gasteiger partial charge in [-0.2, -0.15) is 18.3 Å². The minimum absolute atomic E-state index is 0.00745. The lowest BCUT2D eigenvalue weighted by Crippen LogP contribution is -2.31. The van der Waals surface area contributed by atoms with E-state index in [1.54, 1.807) is 25.1 Å². The number of hydrogen-bond donors (Lipinski definition) is 2. The summed E-state index contributed by atoms with van der Waals surface area (Å²) in [4.78, 5) is 49.3. The summed E-state index contributed by atoms with van der Waals surface area (Å²) in [6.07, 6.45) is -3.38. The first kappa shape index (κ1) is 26.2. The van der Waals surface area contributed by atoms with Crippen molar-refractivity contribution in [3.63, 3.8) is 0 Å². The van der Waals surface area contributed by atoms with Crippen LogP contribution in [0.5, 0.6) is 0 Å². The number of aromatic nitrogens is 5. The monoisotopic (exact) mass is 527 g/mol. The number of aryl methyl sites for hydroxylation is 2. The standard InChI is InChI=1S/C24H20F3N7O4/c1-11-6-13(21-29-9-15-20(31-21)12(2)7-18(30-15)24(25,26)27)4-5-16(11)33(3)22(36)17-8-14(23(37)38)32-34(17)10-19(28)35/h4-9H,10H2,1-3H3,(H2,28,35)(H,37,38). The van der Waals surface area contributed by atoms with Gasteiger partial charge in [-0.3, -0.25) is 9.59 Å². The largest absolute Gasteiger partial charge is 0.476 e. The molecule has 3 aromatic heterocycles. The van der Waals surface area contributed by atoms with E-state index in [0.29, 0.717) is 16.8 Å². The quantitative estimate of drug-likeness (QED) is 0.387. The van der Waals surface area contributed by atoms with Gasteiger partial charge >= 0.3 is 12.1 Å². The number of alkyl halides is 3. The van der Waals surface area contributed by atoms with Crippen molar-refractivity contribution in [3.8, 4) is 11.4 Å². The SMILES string of the molecule is Cc1cc(-c2ncc3nc(C(F)(F)F)cc(C)c3n2)ccc1N(C)C(=O)c1cc(C(=O)O)nn1CC(N)=O. The molecule has 3 N–H and O–H groups in total. The molecule has 11 nitrogen and oxygen atoms in total. The zero-order valence-corrected chi connectivity index (χ0v) is 20.2. The number of carboxylic acid groups (broad SMARTS) is 1. The Morgan fingerprint density at radius 2 is 1.79 bits per heavy atom. The third-order valence-electron chi connectivity index (χ3n) is 5.67. The molecule has 0 fully saturated rings. The van der Waals surface area contributed by atoms with Gasteiger partial charge in [0.1, 0.15) is 23.4 Å². The van der Waals surface area contributed by atoms with Crippen LogP contribution >= 0.6 is 0 Å². The highest BCUT2D eigenvalue weighted by atomic mass is 19.4. The lowest BCUT2D eigenvalue weighted by molar-refractivity contribution is -0.141. The van der Waals surface area contributed by atoms with Gasteiger partial charge in [0.25, 0.3) is 5.91 Å². The molecule has 2 amide bonds. The van der Waals surface area contributed by atoms with Crippen molar-refractivity contribution in [3.05, 3.63) is 64.7 Å².